The predicted octanol–water partition coefficient (Wildman–Crippen LogP) is 2.50. The van der Waals surface area contributed by atoms with Crippen LogP contribution in [0.25, 0.3) is 6.08 Å². The van der Waals surface area contributed by atoms with Gasteiger partial charge < -0.3 is 9.47 Å². The van der Waals surface area contributed by atoms with Gasteiger partial charge in [-0.1, -0.05) is 24.8 Å². The summed E-state index contributed by atoms with van der Waals surface area (Å²) in [5.41, 5.74) is 1.02. The van der Waals surface area contributed by atoms with Crippen LogP contribution in [0.5, 0.6) is 5.75 Å². The van der Waals surface area contributed by atoms with Crippen molar-refractivity contribution in [3.05, 3.63) is 36.4 Å². The van der Waals surface area contributed by atoms with Crippen molar-refractivity contribution in [2.45, 2.75) is 12.5 Å². The second kappa shape index (κ2) is 3.46. The summed E-state index contributed by atoms with van der Waals surface area (Å²) in [5.74, 6) is 0.874. The van der Waals surface area contributed by atoms with E-state index in [0.29, 0.717) is 6.61 Å². The largest absolute Gasteiger partial charge is 0.490 e. The van der Waals surface area contributed by atoms with E-state index in [1.54, 1.807) is 0 Å². The molecule has 0 spiro atoms. The molecule has 0 radical (unpaired) electrons. The van der Waals surface area contributed by atoms with Gasteiger partial charge in [0.2, 0.25) is 0 Å². The van der Waals surface area contributed by atoms with Crippen LogP contribution in [0.1, 0.15) is 12.5 Å². The van der Waals surface area contributed by atoms with Crippen LogP contribution >= 0.6 is 0 Å². The zero-order valence-electron chi connectivity index (χ0n) is 8.32. The Labute approximate surface area is 84.2 Å². The summed E-state index contributed by atoms with van der Waals surface area (Å²) in [7, 11) is 0. The Balaban J connectivity index is 1.98. The first-order chi connectivity index (χ1) is 6.72. The van der Waals surface area contributed by atoms with E-state index in [9.17, 15) is 0 Å². The summed E-state index contributed by atoms with van der Waals surface area (Å²) in [6, 6.07) is 7.87. The molecule has 2 nitrogen and oxygen atoms in total. The van der Waals surface area contributed by atoms with Crippen LogP contribution < -0.4 is 4.74 Å². The van der Waals surface area contributed by atoms with Gasteiger partial charge in [-0.25, -0.2) is 0 Å². The monoisotopic (exact) mass is 190 g/mol. The molecule has 0 saturated carbocycles. The van der Waals surface area contributed by atoms with Gasteiger partial charge in [-0.2, -0.15) is 0 Å². The smallest absolute Gasteiger partial charge is 0.123 e. The van der Waals surface area contributed by atoms with E-state index in [1.165, 1.54) is 0 Å². The average molecular weight is 190 g/mol. The lowest BCUT2D eigenvalue weighted by Gasteiger charge is -2.08. The molecule has 74 valence electrons. The number of hydrogen-bond acceptors (Lipinski definition) is 2. The normalized spacial score (nSPS) is 24.4. The van der Waals surface area contributed by atoms with Gasteiger partial charge in [-0.3, -0.25) is 0 Å². The minimum atomic E-state index is -0.0514. The van der Waals surface area contributed by atoms with Gasteiger partial charge in [0, 0.05) is 0 Å². The van der Waals surface area contributed by atoms with Crippen LogP contribution in [-0.4, -0.2) is 18.8 Å². The van der Waals surface area contributed by atoms with E-state index in [0.717, 1.165) is 17.9 Å². The average Bonchev–Trinajstić information content (AvgIpc) is 2.95. The maximum Gasteiger partial charge on any atom is 0.123 e. The number of hydrogen-bond donors (Lipinski definition) is 0. The molecule has 1 fully saturated rings. The van der Waals surface area contributed by atoms with Gasteiger partial charge in [0.25, 0.3) is 0 Å². The van der Waals surface area contributed by atoms with Crippen LogP contribution in [-0.2, 0) is 4.74 Å². The quantitative estimate of drug-likeness (QED) is 0.680. The summed E-state index contributed by atoms with van der Waals surface area (Å²) in [4.78, 5) is 0. The van der Waals surface area contributed by atoms with E-state index in [-0.39, 0.29) is 5.60 Å². The van der Waals surface area contributed by atoms with Crippen molar-refractivity contribution in [2.24, 2.45) is 0 Å². The fourth-order valence-electron chi connectivity index (χ4n) is 1.17. The molecule has 1 aliphatic rings. The molecule has 1 heterocycles. The van der Waals surface area contributed by atoms with Crippen molar-refractivity contribution < 1.29 is 9.47 Å². The third-order valence-corrected chi connectivity index (χ3v) is 2.28. The maximum absolute atomic E-state index is 5.60. The first-order valence-corrected chi connectivity index (χ1v) is 4.71. The van der Waals surface area contributed by atoms with E-state index < -0.39 is 0 Å². The molecule has 1 aromatic carbocycles. The summed E-state index contributed by atoms with van der Waals surface area (Å²) < 4.78 is 10.8. The SMILES string of the molecule is C=Cc1cccc(OCC2(C)CO2)c1. The van der Waals surface area contributed by atoms with Crippen molar-refractivity contribution in [1.29, 1.82) is 0 Å². The Kier molecular flexibility index (Phi) is 2.30. The molecular weight excluding hydrogens is 176 g/mol. The summed E-state index contributed by atoms with van der Waals surface area (Å²) in [5, 5.41) is 0. The van der Waals surface area contributed by atoms with Gasteiger partial charge >= 0.3 is 0 Å². The number of ether oxygens (including phenoxy) is 2. The molecule has 1 aromatic rings. The Bertz CT molecular complexity index is 340. The molecule has 2 rings (SSSR count). The molecule has 1 saturated heterocycles. The molecule has 14 heavy (non-hydrogen) atoms. The molecule has 0 aliphatic carbocycles. The second-order valence-corrected chi connectivity index (χ2v) is 3.80. The van der Waals surface area contributed by atoms with Gasteiger partial charge in [0.15, 0.2) is 0 Å². The lowest BCUT2D eigenvalue weighted by Crippen LogP contribution is -2.16. The standard InChI is InChI=1S/C12H14O2/c1-3-10-5-4-6-11(7-10)13-8-12(2)9-14-12/h3-7H,1,8-9H2,2H3. The van der Waals surface area contributed by atoms with E-state index in [2.05, 4.69) is 6.58 Å². The predicted molar refractivity (Wildman–Crippen MR) is 56.4 cm³/mol. The minimum Gasteiger partial charge on any atom is -0.490 e. The molecule has 0 amide bonds. The summed E-state index contributed by atoms with van der Waals surface area (Å²) in [6.45, 7) is 7.18. The molecule has 0 N–H and O–H groups in total. The first-order valence-electron chi connectivity index (χ1n) is 4.71. The lowest BCUT2D eigenvalue weighted by atomic mass is 10.2. The van der Waals surface area contributed by atoms with Crippen molar-refractivity contribution in [2.75, 3.05) is 13.2 Å². The van der Waals surface area contributed by atoms with Crippen LogP contribution in [0.2, 0.25) is 0 Å². The van der Waals surface area contributed by atoms with E-state index >= 15 is 0 Å². The Morgan fingerprint density at radius 2 is 2.43 bits per heavy atom. The van der Waals surface area contributed by atoms with E-state index in [1.807, 2.05) is 37.3 Å². The maximum atomic E-state index is 5.60. The van der Waals surface area contributed by atoms with Crippen molar-refractivity contribution in [1.82, 2.24) is 0 Å². The van der Waals surface area contributed by atoms with Crippen LogP contribution in [0.3, 0.4) is 0 Å². The highest BCUT2D eigenvalue weighted by atomic mass is 16.6. The van der Waals surface area contributed by atoms with Crippen LogP contribution in [0.15, 0.2) is 30.8 Å². The summed E-state index contributed by atoms with van der Waals surface area (Å²) >= 11 is 0. The zero-order chi connectivity index (χ0) is 10.0. The topological polar surface area (TPSA) is 21.8 Å². The highest BCUT2D eigenvalue weighted by Crippen LogP contribution is 2.27. The first kappa shape index (κ1) is 9.28. The molecule has 0 bridgehead atoms. The van der Waals surface area contributed by atoms with Crippen molar-refractivity contribution >= 4 is 6.08 Å². The number of epoxide rings is 1. The number of benzene rings is 1. The fourth-order valence-corrected chi connectivity index (χ4v) is 1.17. The Morgan fingerprint density at radius 3 is 3.07 bits per heavy atom. The molecule has 1 aliphatic heterocycles. The molecule has 2 heteroatoms. The second-order valence-electron chi connectivity index (χ2n) is 3.80. The molecular formula is C12H14O2. The molecule has 1 atom stereocenters. The third kappa shape index (κ3) is 2.15. The zero-order valence-corrected chi connectivity index (χ0v) is 8.32. The van der Waals surface area contributed by atoms with Crippen molar-refractivity contribution in [3.8, 4) is 5.75 Å². The van der Waals surface area contributed by atoms with Gasteiger partial charge in [0.05, 0.1) is 6.61 Å². The Hall–Kier alpha value is -1.28. The van der Waals surface area contributed by atoms with E-state index in [4.69, 9.17) is 9.47 Å². The summed E-state index contributed by atoms with van der Waals surface area (Å²) in [6.07, 6.45) is 1.81. The Morgan fingerprint density at radius 1 is 1.64 bits per heavy atom. The lowest BCUT2D eigenvalue weighted by molar-refractivity contribution is 0.202. The molecule has 1 unspecified atom stereocenters. The van der Waals surface area contributed by atoms with Gasteiger partial charge in [-0.05, 0) is 24.6 Å². The fraction of sp³-hybridized carbons (Fsp3) is 0.333. The van der Waals surface area contributed by atoms with Gasteiger partial charge in [0.1, 0.15) is 18.0 Å². The van der Waals surface area contributed by atoms with Gasteiger partial charge in [-0.15, -0.1) is 0 Å². The van der Waals surface area contributed by atoms with Crippen molar-refractivity contribution in [3.63, 3.8) is 0 Å². The molecule has 0 aromatic heterocycles. The van der Waals surface area contributed by atoms with Crippen LogP contribution in [0, 0.1) is 0 Å². The number of rotatable bonds is 4. The minimum absolute atomic E-state index is 0.0514. The highest BCUT2D eigenvalue weighted by Gasteiger charge is 2.40. The van der Waals surface area contributed by atoms with Crippen LogP contribution in [0.4, 0.5) is 0 Å². The third-order valence-electron chi connectivity index (χ3n) is 2.28. The highest BCUT2D eigenvalue weighted by molar-refractivity contribution is 5.49.